The molecule has 1 aliphatic rings. The molecule has 0 atom stereocenters. The van der Waals surface area contributed by atoms with Gasteiger partial charge in [0, 0.05) is 17.2 Å². The summed E-state index contributed by atoms with van der Waals surface area (Å²) in [5, 5.41) is 11.1. The van der Waals surface area contributed by atoms with Crippen LogP contribution in [0.1, 0.15) is 11.3 Å². The van der Waals surface area contributed by atoms with Gasteiger partial charge in [0.15, 0.2) is 0 Å². The van der Waals surface area contributed by atoms with Crippen molar-refractivity contribution in [3.63, 3.8) is 0 Å². The fourth-order valence-corrected chi connectivity index (χ4v) is 4.19. The van der Waals surface area contributed by atoms with Gasteiger partial charge < -0.3 is 9.15 Å². The van der Waals surface area contributed by atoms with Gasteiger partial charge >= 0.3 is 0 Å². The molecule has 1 fully saturated rings. The Labute approximate surface area is 191 Å². The molecule has 0 N–H and O–H groups in total. The number of nitro benzene ring substituents is 1. The van der Waals surface area contributed by atoms with Gasteiger partial charge in [-0.15, -0.1) is 0 Å². The molecule has 0 bridgehead atoms. The van der Waals surface area contributed by atoms with Crippen molar-refractivity contribution in [2.75, 3.05) is 7.11 Å². The van der Waals surface area contributed by atoms with Gasteiger partial charge in [0.25, 0.3) is 16.8 Å². The molecule has 2 aromatic carbocycles. The van der Waals surface area contributed by atoms with Crippen LogP contribution in [0.4, 0.5) is 10.5 Å². The van der Waals surface area contributed by atoms with Gasteiger partial charge in [-0.05, 0) is 47.7 Å². The monoisotopic (exact) mass is 470 g/mol. The largest absolute Gasteiger partial charge is 0.496 e. The fraction of sp³-hybridized carbons (Fsp3) is 0.0909. The van der Waals surface area contributed by atoms with Crippen molar-refractivity contribution in [2.45, 2.75) is 6.54 Å². The lowest BCUT2D eigenvalue weighted by Gasteiger charge is -2.12. The van der Waals surface area contributed by atoms with E-state index in [-0.39, 0.29) is 28.1 Å². The Balaban J connectivity index is 1.56. The van der Waals surface area contributed by atoms with E-state index in [1.165, 1.54) is 31.4 Å². The Morgan fingerprint density at radius 3 is 2.72 bits per heavy atom. The molecule has 10 heteroatoms. The molecule has 0 aliphatic carbocycles. The number of carbonyl (C=O) groups excluding carboxylic acids is 2. The Morgan fingerprint density at radius 2 is 2.00 bits per heavy atom. The molecular formula is C22H15ClN2O6S. The maximum absolute atomic E-state index is 12.7. The van der Waals surface area contributed by atoms with Crippen LogP contribution in [-0.4, -0.2) is 28.1 Å². The number of nitro groups is 1. The summed E-state index contributed by atoms with van der Waals surface area (Å²) in [6, 6.07) is 14.4. The molecule has 4 rings (SSSR count). The summed E-state index contributed by atoms with van der Waals surface area (Å²) < 4.78 is 11.0. The van der Waals surface area contributed by atoms with E-state index in [2.05, 4.69) is 0 Å². The highest BCUT2D eigenvalue weighted by Gasteiger charge is 2.35. The van der Waals surface area contributed by atoms with Crippen molar-refractivity contribution < 1.29 is 23.7 Å². The van der Waals surface area contributed by atoms with E-state index in [1.807, 2.05) is 0 Å². The molecule has 1 aromatic heterocycles. The molecule has 2 heterocycles. The van der Waals surface area contributed by atoms with E-state index >= 15 is 0 Å². The summed E-state index contributed by atoms with van der Waals surface area (Å²) in [7, 11) is 1.41. The van der Waals surface area contributed by atoms with Gasteiger partial charge in [-0.3, -0.25) is 24.6 Å². The Kier molecular flexibility index (Phi) is 6.02. The van der Waals surface area contributed by atoms with Crippen LogP contribution in [0.5, 0.6) is 5.75 Å². The number of nitrogens with zero attached hydrogens (tertiary/aromatic N) is 2. The Morgan fingerprint density at radius 1 is 1.19 bits per heavy atom. The average molecular weight is 471 g/mol. The van der Waals surface area contributed by atoms with Crippen LogP contribution in [0.2, 0.25) is 5.02 Å². The smallest absolute Gasteiger partial charge is 0.293 e. The highest BCUT2D eigenvalue weighted by atomic mass is 35.5. The molecule has 3 aromatic rings. The van der Waals surface area contributed by atoms with Crippen LogP contribution in [0.3, 0.4) is 0 Å². The summed E-state index contributed by atoms with van der Waals surface area (Å²) in [6.45, 7) is 0.117. The predicted octanol–water partition coefficient (Wildman–Crippen LogP) is 5.75. The second-order valence-corrected chi connectivity index (χ2v) is 8.17. The molecule has 1 saturated heterocycles. The second-order valence-electron chi connectivity index (χ2n) is 6.74. The van der Waals surface area contributed by atoms with Crippen molar-refractivity contribution in [3.05, 3.63) is 86.0 Å². The van der Waals surface area contributed by atoms with Crippen molar-refractivity contribution in [1.29, 1.82) is 0 Å². The lowest BCUT2D eigenvalue weighted by molar-refractivity contribution is -0.384. The summed E-state index contributed by atoms with van der Waals surface area (Å²) >= 11 is 6.80. The van der Waals surface area contributed by atoms with Crippen molar-refractivity contribution in [2.24, 2.45) is 0 Å². The highest BCUT2D eigenvalue weighted by Crippen LogP contribution is 2.37. The number of rotatable bonds is 6. The number of furan rings is 1. The summed E-state index contributed by atoms with van der Waals surface area (Å²) in [5.74, 6) is 0.614. The third-order valence-electron chi connectivity index (χ3n) is 4.66. The topological polar surface area (TPSA) is 103 Å². The van der Waals surface area contributed by atoms with Crippen LogP contribution in [0, 0.1) is 10.1 Å². The van der Waals surface area contributed by atoms with Crippen LogP contribution in [-0.2, 0) is 11.3 Å². The van der Waals surface area contributed by atoms with E-state index in [4.69, 9.17) is 20.8 Å². The number of carbonyl (C=O) groups is 2. The number of benzene rings is 2. The number of halogens is 1. The van der Waals surface area contributed by atoms with Gasteiger partial charge in [0.2, 0.25) is 0 Å². The summed E-state index contributed by atoms with van der Waals surface area (Å²) in [5.41, 5.74) is 1.16. The maximum Gasteiger partial charge on any atom is 0.293 e. The van der Waals surface area contributed by atoms with Crippen molar-refractivity contribution in [3.8, 4) is 17.1 Å². The van der Waals surface area contributed by atoms with Gasteiger partial charge in [-0.25, -0.2) is 0 Å². The van der Waals surface area contributed by atoms with E-state index < -0.39 is 10.8 Å². The first-order valence-corrected chi connectivity index (χ1v) is 10.5. The second kappa shape index (κ2) is 8.89. The lowest BCUT2D eigenvalue weighted by atomic mass is 10.1. The van der Waals surface area contributed by atoms with E-state index in [9.17, 15) is 19.7 Å². The molecule has 0 radical (unpaired) electrons. The third-order valence-corrected chi connectivity index (χ3v) is 5.81. The number of hydrogen-bond donors (Lipinski definition) is 0. The van der Waals surface area contributed by atoms with Crippen molar-refractivity contribution in [1.82, 2.24) is 4.90 Å². The van der Waals surface area contributed by atoms with Gasteiger partial charge in [0.05, 0.1) is 35.1 Å². The fourth-order valence-electron chi connectivity index (χ4n) is 3.16. The van der Waals surface area contributed by atoms with Gasteiger partial charge in [-0.2, -0.15) is 0 Å². The normalized spacial score (nSPS) is 14.9. The average Bonchev–Trinajstić information content (AvgIpc) is 3.33. The first-order chi connectivity index (χ1) is 15.4. The first kappa shape index (κ1) is 21.7. The SMILES string of the molecule is COc1cc([N+](=O)[O-])ccc1-c1ccc(/C=C2\SC(=O)N(Cc3cccc(Cl)c3)C2=O)o1. The molecule has 32 heavy (non-hydrogen) atoms. The number of thioether (sulfide) groups is 1. The van der Waals surface area contributed by atoms with Gasteiger partial charge in [-0.1, -0.05) is 23.7 Å². The van der Waals surface area contributed by atoms with Crippen molar-refractivity contribution >= 4 is 46.3 Å². The Hall–Kier alpha value is -3.56. The third kappa shape index (κ3) is 4.39. The molecule has 0 saturated carbocycles. The van der Waals surface area contributed by atoms with Crippen LogP contribution < -0.4 is 4.74 Å². The zero-order valence-electron chi connectivity index (χ0n) is 16.6. The number of methoxy groups -OCH3 is 1. The number of hydrogen-bond acceptors (Lipinski definition) is 7. The maximum atomic E-state index is 12.7. The summed E-state index contributed by atoms with van der Waals surface area (Å²) in [4.78, 5) is 36.9. The number of ether oxygens (including phenoxy) is 1. The zero-order chi connectivity index (χ0) is 22.8. The minimum absolute atomic E-state index is 0.106. The molecule has 1 aliphatic heterocycles. The van der Waals surface area contributed by atoms with Crippen LogP contribution in [0.25, 0.3) is 17.4 Å². The minimum atomic E-state index is -0.515. The number of amides is 2. The lowest BCUT2D eigenvalue weighted by Crippen LogP contribution is -2.27. The standard InChI is InChI=1S/C22H15ClN2O6S/c1-30-19-10-15(25(28)29)5-7-17(19)18-8-6-16(31-18)11-20-21(26)24(22(27)32-20)12-13-3-2-4-14(23)9-13/h2-11H,12H2,1H3/b20-11-. The molecule has 0 unspecified atom stereocenters. The Bertz CT molecular complexity index is 1270. The highest BCUT2D eigenvalue weighted by molar-refractivity contribution is 8.18. The molecule has 0 spiro atoms. The predicted molar refractivity (Wildman–Crippen MR) is 120 cm³/mol. The zero-order valence-corrected chi connectivity index (χ0v) is 18.2. The minimum Gasteiger partial charge on any atom is -0.496 e. The van der Waals surface area contributed by atoms with E-state index in [1.54, 1.807) is 36.4 Å². The summed E-state index contributed by atoms with van der Waals surface area (Å²) in [6.07, 6.45) is 1.49. The van der Waals surface area contributed by atoms with E-state index in [0.717, 1.165) is 22.2 Å². The van der Waals surface area contributed by atoms with Crippen LogP contribution >= 0.6 is 23.4 Å². The first-order valence-electron chi connectivity index (χ1n) is 9.28. The number of non-ortho nitro benzene ring substituents is 1. The van der Waals surface area contributed by atoms with Crippen LogP contribution in [0.15, 0.2) is 63.9 Å². The molecule has 8 nitrogen and oxygen atoms in total. The van der Waals surface area contributed by atoms with E-state index in [0.29, 0.717) is 22.1 Å². The van der Waals surface area contributed by atoms with Gasteiger partial charge in [0.1, 0.15) is 17.3 Å². The quantitative estimate of drug-likeness (QED) is 0.256. The molecular weight excluding hydrogens is 456 g/mol. The molecule has 2 amide bonds. The number of imide groups is 1. The molecule has 162 valence electrons.